The fourth-order valence-electron chi connectivity index (χ4n) is 1.63. The van der Waals surface area contributed by atoms with Crippen molar-refractivity contribution in [2.75, 3.05) is 0 Å². The lowest BCUT2D eigenvalue weighted by atomic mass is 10.0. The molecule has 0 heterocycles. The number of aromatic hydroxyl groups is 2. The van der Waals surface area contributed by atoms with Gasteiger partial charge in [-0.1, -0.05) is 24.3 Å². The van der Waals surface area contributed by atoms with Gasteiger partial charge in [-0.2, -0.15) is 5.10 Å². The largest absolute Gasteiger partial charge is 0.507 e. The van der Waals surface area contributed by atoms with Crippen molar-refractivity contribution in [1.82, 2.24) is 0 Å². The van der Waals surface area contributed by atoms with Crippen LogP contribution in [0.4, 0.5) is 0 Å². The summed E-state index contributed by atoms with van der Waals surface area (Å²) in [4.78, 5) is 0. The van der Waals surface area contributed by atoms with E-state index in [0.717, 1.165) is 0 Å². The second-order valence-corrected chi connectivity index (χ2v) is 3.51. The number of phenolic OH excluding ortho intramolecular Hbond substituents is 2. The highest BCUT2D eigenvalue weighted by Gasteiger charge is 2.13. The molecule has 0 aliphatic rings. The van der Waals surface area contributed by atoms with Gasteiger partial charge in [0.15, 0.2) is 0 Å². The molecule has 0 spiro atoms. The van der Waals surface area contributed by atoms with Crippen molar-refractivity contribution in [3.05, 3.63) is 59.7 Å². The highest BCUT2D eigenvalue weighted by atomic mass is 16.3. The Kier molecular flexibility index (Phi) is 2.96. The lowest BCUT2D eigenvalue weighted by Gasteiger charge is -2.09. The van der Waals surface area contributed by atoms with Crippen LogP contribution in [0.25, 0.3) is 0 Å². The van der Waals surface area contributed by atoms with Crippen molar-refractivity contribution < 1.29 is 10.2 Å². The van der Waals surface area contributed by atoms with Gasteiger partial charge in [0.05, 0.1) is 0 Å². The quantitative estimate of drug-likeness (QED) is 0.416. The van der Waals surface area contributed by atoms with Crippen LogP contribution in [0.1, 0.15) is 11.1 Å². The van der Waals surface area contributed by atoms with Crippen LogP contribution >= 0.6 is 0 Å². The van der Waals surface area contributed by atoms with Gasteiger partial charge in [0.1, 0.15) is 17.2 Å². The number of benzene rings is 2. The van der Waals surface area contributed by atoms with Crippen LogP contribution in [0.2, 0.25) is 0 Å². The average molecular weight is 228 g/mol. The molecule has 86 valence electrons. The molecule has 4 nitrogen and oxygen atoms in total. The molecule has 0 aliphatic carbocycles. The van der Waals surface area contributed by atoms with Gasteiger partial charge in [0.25, 0.3) is 0 Å². The van der Waals surface area contributed by atoms with Crippen molar-refractivity contribution in [3.8, 4) is 11.5 Å². The summed E-state index contributed by atoms with van der Waals surface area (Å²) in [7, 11) is 0. The van der Waals surface area contributed by atoms with E-state index in [1.165, 1.54) is 0 Å². The van der Waals surface area contributed by atoms with Crippen LogP contribution in [0.15, 0.2) is 53.6 Å². The minimum atomic E-state index is 0.0694. The molecule has 0 unspecified atom stereocenters. The first-order chi connectivity index (χ1) is 8.24. The van der Waals surface area contributed by atoms with Crippen LogP contribution in [-0.4, -0.2) is 15.9 Å². The number of nitrogens with zero attached hydrogens (tertiary/aromatic N) is 1. The molecule has 2 aromatic rings. The molecule has 4 N–H and O–H groups in total. The molecule has 0 radical (unpaired) electrons. The Balaban J connectivity index is 2.57. The molecule has 17 heavy (non-hydrogen) atoms. The van der Waals surface area contributed by atoms with Crippen LogP contribution in [0.3, 0.4) is 0 Å². The summed E-state index contributed by atoms with van der Waals surface area (Å²) in [6, 6.07) is 13.4. The SMILES string of the molecule is NN=C(c1ccccc1O)c1ccccc1O. The maximum atomic E-state index is 9.75. The van der Waals surface area contributed by atoms with E-state index in [4.69, 9.17) is 5.84 Å². The molecule has 0 bridgehead atoms. The zero-order valence-corrected chi connectivity index (χ0v) is 9.04. The minimum Gasteiger partial charge on any atom is -0.507 e. The summed E-state index contributed by atoms with van der Waals surface area (Å²) in [5.41, 5.74) is 1.31. The maximum absolute atomic E-state index is 9.75. The van der Waals surface area contributed by atoms with Crippen LogP contribution in [-0.2, 0) is 0 Å². The number of hydrogen-bond donors (Lipinski definition) is 3. The van der Waals surface area contributed by atoms with Gasteiger partial charge in [-0.25, -0.2) is 0 Å². The molecular weight excluding hydrogens is 216 g/mol. The standard InChI is InChI=1S/C13H12N2O2/c14-15-13(9-5-1-3-7-11(9)16)10-6-2-4-8-12(10)17/h1-8,16-17H,14H2. The highest BCUT2D eigenvalue weighted by Crippen LogP contribution is 2.25. The fourth-order valence-corrected chi connectivity index (χ4v) is 1.63. The van der Waals surface area contributed by atoms with E-state index in [1.54, 1.807) is 48.5 Å². The first kappa shape index (κ1) is 11.0. The van der Waals surface area contributed by atoms with Crippen molar-refractivity contribution in [2.24, 2.45) is 10.9 Å². The summed E-state index contributed by atoms with van der Waals surface area (Å²) < 4.78 is 0. The predicted molar refractivity (Wildman–Crippen MR) is 66.0 cm³/mol. The van der Waals surface area contributed by atoms with Crippen molar-refractivity contribution >= 4 is 5.71 Å². The van der Waals surface area contributed by atoms with Crippen molar-refractivity contribution in [2.45, 2.75) is 0 Å². The molecule has 0 aromatic heterocycles. The molecule has 2 aromatic carbocycles. The molecule has 0 fully saturated rings. The molecule has 2 rings (SSSR count). The molecule has 0 aliphatic heterocycles. The molecule has 0 saturated carbocycles. The minimum absolute atomic E-state index is 0.0694. The second-order valence-electron chi connectivity index (χ2n) is 3.51. The molecule has 4 heteroatoms. The van der Waals surface area contributed by atoms with Gasteiger partial charge in [0.2, 0.25) is 0 Å². The zero-order chi connectivity index (χ0) is 12.3. The number of hydrazone groups is 1. The first-order valence-electron chi connectivity index (χ1n) is 5.08. The third-order valence-electron chi connectivity index (χ3n) is 2.45. The van der Waals surface area contributed by atoms with Crippen LogP contribution in [0.5, 0.6) is 11.5 Å². The Morgan fingerprint density at radius 2 is 1.24 bits per heavy atom. The smallest absolute Gasteiger partial charge is 0.125 e. The second kappa shape index (κ2) is 4.57. The summed E-state index contributed by atoms with van der Waals surface area (Å²) >= 11 is 0. The van der Waals surface area contributed by atoms with E-state index in [9.17, 15) is 10.2 Å². The van der Waals surface area contributed by atoms with Gasteiger partial charge in [-0.15, -0.1) is 0 Å². The van der Waals surface area contributed by atoms with E-state index in [1.807, 2.05) is 0 Å². The van der Waals surface area contributed by atoms with Gasteiger partial charge in [-0.05, 0) is 24.3 Å². The lowest BCUT2D eigenvalue weighted by molar-refractivity contribution is 0.472. The zero-order valence-electron chi connectivity index (χ0n) is 9.04. The van der Waals surface area contributed by atoms with Gasteiger partial charge in [-0.3, -0.25) is 0 Å². The van der Waals surface area contributed by atoms with E-state index in [2.05, 4.69) is 5.10 Å². The van der Waals surface area contributed by atoms with E-state index in [0.29, 0.717) is 16.8 Å². The lowest BCUT2D eigenvalue weighted by Crippen LogP contribution is -2.06. The molecule has 0 atom stereocenters. The normalized spacial score (nSPS) is 9.88. The van der Waals surface area contributed by atoms with Crippen molar-refractivity contribution in [3.63, 3.8) is 0 Å². The van der Waals surface area contributed by atoms with E-state index in [-0.39, 0.29) is 11.5 Å². The van der Waals surface area contributed by atoms with Crippen molar-refractivity contribution in [1.29, 1.82) is 0 Å². The maximum Gasteiger partial charge on any atom is 0.125 e. The van der Waals surface area contributed by atoms with E-state index < -0.39 is 0 Å². The predicted octanol–water partition coefficient (Wildman–Crippen LogP) is 1.81. The number of nitrogens with two attached hydrogens (primary N) is 1. The van der Waals surface area contributed by atoms with Gasteiger partial charge in [0, 0.05) is 11.1 Å². The Hall–Kier alpha value is -2.49. The number of para-hydroxylation sites is 2. The average Bonchev–Trinajstić information content (AvgIpc) is 2.34. The Morgan fingerprint density at radius 1 is 0.824 bits per heavy atom. The Morgan fingerprint density at radius 3 is 1.59 bits per heavy atom. The topological polar surface area (TPSA) is 78.8 Å². The summed E-state index contributed by atoms with van der Waals surface area (Å²) in [5.74, 6) is 5.48. The first-order valence-corrected chi connectivity index (χ1v) is 5.08. The highest BCUT2D eigenvalue weighted by molar-refractivity contribution is 6.15. The van der Waals surface area contributed by atoms with Gasteiger partial charge < -0.3 is 16.1 Å². The summed E-state index contributed by atoms with van der Waals surface area (Å²) in [6.07, 6.45) is 0. The van der Waals surface area contributed by atoms with Crippen LogP contribution in [0, 0.1) is 0 Å². The third kappa shape index (κ3) is 2.06. The molecular formula is C13H12N2O2. The monoisotopic (exact) mass is 228 g/mol. The summed E-state index contributed by atoms with van der Waals surface area (Å²) in [6.45, 7) is 0. The number of rotatable bonds is 2. The van der Waals surface area contributed by atoms with E-state index >= 15 is 0 Å². The third-order valence-corrected chi connectivity index (χ3v) is 2.45. The number of phenols is 2. The number of hydrogen-bond acceptors (Lipinski definition) is 4. The Bertz CT molecular complexity index is 517. The van der Waals surface area contributed by atoms with Crippen LogP contribution < -0.4 is 5.84 Å². The van der Waals surface area contributed by atoms with Gasteiger partial charge >= 0.3 is 0 Å². The molecule has 0 amide bonds. The summed E-state index contributed by atoms with van der Waals surface area (Å²) in [5, 5.41) is 23.1. The Labute approximate surface area is 98.6 Å². The fraction of sp³-hybridized carbons (Fsp3) is 0. The molecule has 0 saturated heterocycles.